The van der Waals surface area contributed by atoms with Gasteiger partial charge in [-0.1, -0.05) is 6.07 Å². The summed E-state index contributed by atoms with van der Waals surface area (Å²) in [4.78, 5) is 5.76. The molecule has 29 heavy (non-hydrogen) atoms. The minimum Gasteiger partial charge on any atom is -0.493 e. The second kappa shape index (κ2) is 12.1. The summed E-state index contributed by atoms with van der Waals surface area (Å²) in [5.41, 5.74) is 2.02. The fraction of sp³-hybridized carbons (Fsp3) is 0.421. The van der Waals surface area contributed by atoms with Crippen molar-refractivity contribution in [3.8, 4) is 11.5 Å². The van der Waals surface area contributed by atoms with Gasteiger partial charge in [0.1, 0.15) is 0 Å². The highest BCUT2D eigenvalue weighted by Gasteiger charge is 2.29. The van der Waals surface area contributed by atoms with Crippen LogP contribution in [-0.2, 0) is 13.1 Å². The minimum atomic E-state index is -4.40. The average molecular weight is 543 g/mol. The number of aliphatic imine (C=N–C) groups is 1. The number of hydrogen-bond donors (Lipinski definition) is 2. The summed E-state index contributed by atoms with van der Waals surface area (Å²) in [6, 6.07) is 6.83. The maximum Gasteiger partial charge on any atom is 0.422 e. The number of hydrogen-bond acceptors (Lipinski definition) is 4. The van der Waals surface area contributed by atoms with Crippen LogP contribution in [0.25, 0.3) is 0 Å². The van der Waals surface area contributed by atoms with Gasteiger partial charge in [-0.3, -0.25) is 0 Å². The van der Waals surface area contributed by atoms with Gasteiger partial charge in [0, 0.05) is 11.4 Å². The fourth-order valence-electron chi connectivity index (χ4n) is 2.35. The van der Waals surface area contributed by atoms with Crippen LogP contribution in [-0.4, -0.2) is 32.4 Å². The maximum absolute atomic E-state index is 12.3. The van der Waals surface area contributed by atoms with Gasteiger partial charge in [-0.15, -0.1) is 35.3 Å². The Labute approximate surface area is 189 Å². The van der Waals surface area contributed by atoms with E-state index in [1.807, 2.05) is 12.3 Å². The molecule has 0 bridgehead atoms. The van der Waals surface area contributed by atoms with Gasteiger partial charge < -0.3 is 20.1 Å². The predicted octanol–water partition coefficient (Wildman–Crippen LogP) is 4.88. The lowest BCUT2D eigenvalue weighted by molar-refractivity contribution is -0.153. The Balaban J connectivity index is 0.00000420. The lowest BCUT2D eigenvalue weighted by atomic mass is 10.2. The molecule has 0 saturated heterocycles. The quantitative estimate of drug-likeness (QED) is 0.283. The van der Waals surface area contributed by atoms with Gasteiger partial charge in [0.2, 0.25) is 0 Å². The molecule has 2 N–H and O–H groups in total. The van der Waals surface area contributed by atoms with Crippen LogP contribution in [0.2, 0.25) is 0 Å². The molecule has 0 radical (unpaired) electrons. The Morgan fingerprint density at radius 1 is 1.17 bits per heavy atom. The van der Waals surface area contributed by atoms with Gasteiger partial charge in [-0.2, -0.15) is 13.2 Å². The molecule has 0 saturated carbocycles. The van der Waals surface area contributed by atoms with E-state index in [9.17, 15) is 13.2 Å². The van der Waals surface area contributed by atoms with Crippen LogP contribution in [0.3, 0.4) is 0 Å². The standard InChI is InChI=1S/C19H24F3N3O2S.HI/c1-4-23-18(25-11-17-13(2)7-8-28-17)24-10-14-5-6-15(16(9-14)26-3)27-12-19(20,21)22;/h5-9H,4,10-12H2,1-3H3,(H2,23,24,25);1H. The van der Waals surface area contributed by atoms with Crippen molar-refractivity contribution >= 4 is 41.3 Å². The highest BCUT2D eigenvalue weighted by molar-refractivity contribution is 14.0. The van der Waals surface area contributed by atoms with E-state index in [2.05, 4.69) is 28.6 Å². The number of rotatable bonds is 8. The molecular weight excluding hydrogens is 518 g/mol. The van der Waals surface area contributed by atoms with Crippen molar-refractivity contribution in [2.75, 3.05) is 20.3 Å². The van der Waals surface area contributed by atoms with E-state index in [0.717, 1.165) is 5.56 Å². The molecule has 0 unspecified atom stereocenters. The third kappa shape index (κ3) is 8.69. The van der Waals surface area contributed by atoms with Crippen molar-refractivity contribution in [1.29, 1.82) is 0 Å². The number of alkyl halides is 3. The number of nitrogens with one attached hydrogen (secondary N) is 2. The Morgan fingerprint density at radius 3 is 2.52 bits per heavy atom. The van der Waals surface area contributed by atoms with Gasteiger partial charge in [0.25, 0.3) is 0 Å². The summed E-state index contributed by atoms with van der Waals surface area (Å²) >= 11 is 1.68. The van der Waals surface area contributed by atoms with Crippen LogP contribution in [0.15, 0.2) is 34.6 Å². The van der Waals surface area contributed by atoms with Gasteiger partial charge in [0.05, 0.1) is 20.2 Å². The number of aryl methyl sites for hydroxylation is 1. The van der Waals surface area contributed by atoms with Crippen molar-refractivity contribution in [3.63, 3.8) is 0 Å². The smallest absolute Gasteiger partial charge is 0.422 e. The number of benzene rings is 1. The lowest BCUT2D eigenvalue weighted by Crippen LogP contribution is -2.36. The summed E-state index contributed by atoms with van der Waals surface area (Å²) in [7, 11) is 1.39. The first-order valence-corrected chi connectivity index (χ1v) is 9.62. The number of methoxy groups -OCH3 is 1. The van der Waals surface area contributed by atoms with E-state index in [4.69, 9.17) is 9.47 Å². The first-order chi connectivity index (χ1) is 13.3. The topological polar surface area (TPSA) is 54.9 Å². The van der Waals surface area contributed by atoms with Crippen LogP contribution >= 0.6 is 35.3 Å². The highest BCUT2D eigenvalue weighted by Crippen LogP contribution is 2.30. The zero-order chi connectivity index (χ0) is 20.6. The third-order valence-electron chi connectivity index (χ3n) is 3.77. The summed E-state index contributed by atoms with van der Waals surface area (Å²) in [6.45, 7) is 4.40. The molecule has 0 amide bonds. The number of ether oxygens (including phenoxy) is 2. The number of halogens is 4. The van der Waals surface area contributed by atoms with Crippen molar-refractivity contribution in [1.82, 2.24) is 10.6 Å². The number of thiophene rings is 1. The SMILES string of the molecule is CCNC(=NCc1ccc(OCC(F)(F)F)c(OC)c1)NCc1sccc1C.I. The normalized spacial score (nSPS) is 11.6. The summed E-state index contributed by atoms with van der Waals surface area (Å²) in [5.74, 6) is 0.946. The molecule has 1 heterocycles. The van der Waals surface area contributed by atoms with E-state index in [1.54, 1.807) is 23.5 Å². The van der Waals surface area contributed by atoms with Gasteiger partial charge in [-0.25, -0.2) is 4.99 Å². The molecule has 0 spiro atoms. The molecule has 0 atom stereocenters. The van der Waals surface area contributed by atoms with Crippen LogP contribution in [0.4, 0.5) is 13.2 Å². The largest absolute Gasteiger partial charge is 0.493 e. The summed E-state index contributed by atoms with van der Waals surface area (Å²) in [5, 5.41) is 8.50. The predicted molar refractivity (Wildman–Crippen MR) is 121 cm³/mol. The molecule has 5 nitrogen and oxygen atoms in total. The molecule has 1 aromatic heterocycles. The van der Waals surface area contributed by atoms with Crippen molar-refractivity contribution < 1.29 is 22.6 Å². The van der Waals surface area contributed by atoms with Crippen molar-refractivity contribution in [3.05, 3.63) is 45.6 Å². The average Bonchev–Trinajstić information content (AvgIpc) is 3.06. The molecule has 2 rings (SSSR count). The Hall–Kier alpha value is -1.69. The fourth-order valence-corrected chi connectivity index (χ4v) is 3.20. The Bertz CT molecular complexity index is 797. The first kappa shape index (κ1) is 25.3. The highest BCUT2D eigenvalue weighted by atomic mass is 127. The van der Waals surface area contributed by atoms with E-state index < -0.39 is 12.8 Å². The Kier molecular flexibility index (Phi) is 10.6. The molecule has 10 heteroatoms. The molecule has 1 aromatic carbocycles. The summed E-state index contributed by atoms with van der Waals surface area (Å²) < 4.78 is 47.0. The third-order valence-corrected chi connectivity index (χ3v) is 4.79. The van der Waals surface area contributed by atoms with Gasteiger partial charge >= 0.3 is 6.18 Å². The molecule has 2 aromatic rings. The van der Waals surface area contributed by atoms with Gasteiger partial charge in [-0.05, 0) is 48.6 Å². The van der Waals surface area contributed by atoms with E-state index in [-0.39, 0.29) is 35.5 Å². The van der Waals surface area contributed by atoms with Gasteiger partial charge in [0.15, 0.2) is 24.1 Å². The molecule has 162 valence electrons. The minimum absolute atomic E-state index is 0. The zero-order valence-electron chi connectivity index (χ0n) is 16.4. The van der Waals surface area contributed by atoms with Crippen LogP contribution in [0.1, 0.15) is 22.9 Å². The van der Waals surface area contributed by atoms with Crippen LogP contribution < -0.4 is 20.1 Å². The van der Waals surface area contributed by atoms with Crippen molar-refractivity contribution in [2.24, 2.45) is 4.99 Å². The van der Waals surface area contributed by atoms with Crippen LogP contribution in [0.5, 0.6) is 11.5 Å². The molecule has 0 aliphatic rings. The monoisotopic (exact) mass is 543 g/mol. The molecule has 0 fully saturated rings. The lowest BCUT2D eigenvalue weighted by Gasteiger charge is -2.14. The second-order valence-corrected chi connectivity index (χ2v) is 6.97. The summed E-state index contributed by atoms with van der Waals surface area (Å²) in [6.07, 6.45) is -4.40. The van der Waals surface area contributed by atoms with E-state index in [1.165, 1.54) is 23.6 Å². The molecule has 0 aliphatic heterocycles. The number of guanidine groups is 1. The van der Waals surface area contributed by atoms with Crippen LogP contribution in [0, 0.1) is 6.92 Å². The molecular formula is C19H25F3IN3O2S. The second-order valence-electron chi connectivity index (χ2n) is 5.96. The maximum atomic E-state index is 12.3. The first-order valence-electron chi connectivity index (χ1n) is 8.74. The van der Waals surface area contributed by atoms with E-state index >= 15 is 0 Å². The van der Waals surface area contributed by atoms with Crippen molar-refractivity contribution in [2.45, 2.75) is 33.1 Å². The number of nitrogens with zero attached hydrogens (tertiary/aromatic N) is 1. The molecule has 0 aliphatic carbocycles. The van der Waals surface area contributed by atoms with E-state index in [0.29, 0.717) is 25.6 Å². The Morgan fingerprint density at radius 2 is 1.93 bits per heavy atom. The zero-order valence-corrected chi connectivity index (χ0v) is 19.6.